The van der Waals surface area contributed by atoms with Gasteiger partial charge in [0.15, 0.2) is 11.5 Å². The third kappa shape index (κ3) is 10.2. The summed E-state index contributed by atoms with van der Waals surface area (Å²) >= 11 is 0. The van der Waals surface area contributed by atoms with E-state index in [1.807, 2.05) is 0 Å². The van der Waals surface area contributed by atoms with Crippen LogP contribution in [0.25, 0.3) is 0 Å². The molecule has 3 rings (SSSR count). The molecule has 1 aliphatic heterocycles. The Morgan fingerprint density at radius 3 is 2.41 bits per heavy atom. The number of nitro groups is 1. The van der Waals surface area contributed by atoms with Gasteiger partial charge in [0.25, 0.3) is 11.6 Å². The second-order valence-electron chi connectivity index (χ2n) is 11.8. The van der Waals surface area contributed by atoms with Gasteiger partial charge in [0.2, 0.25) is 11.8 Å². The number of anilines is 2. The standard InChI is InChI=1S/C34H43N5O12/c1-7-12-51-34(45)37-30(19(2)3)32(43)35-20(4)31(42)36-22-11-10-21-14-23(18-40)38(25(21)15-22)33(44)24-16-27(48-5)28(17-26(24)39(46)47)50-13-8-9-29(41)49-6/h7,10-11,15-17,19-20,23,30,40H,1,8-9,12-14,18H2,2-6H3,(H,35,43)(H,36,42)(H,37,45). The number of ether oxygens (including phenoxy) is 4. The molecule has 17 heteroatoms. The fourth-order valence-corrected chi connectivity index (χ4v) is 5.23. The second-order valence-corrected chi connectivity index (χ2v) is 11.8. The molecule has 276 valence electrons. The highest BCUT2D eigenvalue weighted by atomic mass is 16.6. The minimum Gasteiger partial charge on any atom is -0.493 e. The first-order valence-corrected chi connectivity index (χ1v) is 16.0. The van der Waals surface area contributed by atoms with Crippen LogP contribution in [0.3, 0.4) is 0 Å². The smallest absolute Gasteiger partial charge is 0.408 e. The number of rotatable bonds is 17. The van der Waals surface area contributed by atoms with Crippen molar-refractivity contribution in [3.05, 3.63) is 64.2 Å². The molecule has 0 saturated carbocycles. The van der Waals surface area contributed by atoms with Crippen molar-refractivity contribution in [2.24, 2.45) is 5.92 Å². The minimum atomic E-state index is -1.06. The van der Waals surface area contributed by atoms with Gasteiger partial charge in [-0.2, -0.15) is 0 Å². The Kier molecular flexibility index (Phi) is 14.3. The molecule has 0 saturated heterocycles. The fraction of sp³-hybridized carbons (Fsp3) is 0.441. The van der Waals surface area contributed by atoms with Crippen LogP contribution in [0.15, 0.2) is 43.0 Å². The SMILES string of the molecule is C=CCOC(=O)NC(C(=O)NC(C)C(=O)Nc1ccc2c(c1)N(C(=O)c1cc(OC)c(OCCCC(=O)OC)cc1[N+](=O)[O-])C(CO)C2)C(C)C. The molecular formula is C34H43N5O12. The number of methoxy groups -OCH3 is 2. The van der Waals surface area contributed by atoms with Gasteiger partial charge in [-0.25, -0.2) is 4.79 Å². The highest BCUT2D eigenvalue weighted by Crippen LogP contribution is 2.40. The van der Waals surface area contributed by atoms with Crippen molar-refractivity contribution in [3.63, 3.8) is 0 Å². The predicted octanol–water partition coefficient (Wildman–Crippen LogP) is 2.88. The summed E-state index contributed by atoms with van der Waals surface area (Å²) in [6.45, 7) is 7.83. The molecule has 2 aromatic rings. The number of fused-ring (bicyclic) bond motifs is 1. The average molecular weight is 714 g/mol. The zero-order valence-electron chi connectivity index (χ0n) is 29.1. The maximum absolute atomic E-state index is 14.1. The minimum absolute atomic E-state index is 0.0126. The zero-order valence-corrected chi connectivity index (χ0v) is 29.1. The van der Waals surface area contributed by atoms with Gasteiger partial charge in [0, 0.05) is 23.9 Å². The molecule has 0 bridgehead atoms. The molecule has 3 unspecified atom stereocenters. The van der Waals surface area contributed by atoms with E-state index >= 15 is 0 Å². The highest BCUT2D eigenvalue weighted by molar-refractivity contribution is 6.11. The Balaban J connectivity index is 1.83. The molecule has 0 fully saturated rings. The topological polar surface area (TPSA) is 225 Å². The molecule has 0 aliphatic carbocycles. The number of hydrogen-bond donors (Lipinski definition) is 4. The summed E-state index contributed by atoms with van der Waals surface area (Å²) in [7, 11) is 2.55. The van der Waals surface area contributed by atoms with Crippen LogP contribution in [0.4, 0.5) is 21.9 Å². The molecule has 0 aromatic heterocycles. The zero-order chi connectivity index (χ0) is 37.8. The summed E-state index contributed by atoms with van der Waals surface area (Å²) in [5.74, 6) is -2.81. The van der Waals surface area contributed by atoms with Crippen LogP contribution in [0.5, 0.6) is 11.5 Å². The van der Waals surface area contributed by atoms with Gasteiger partial charge >= 0.3 is 12.1 Å². The van der Waals surface area contributed by atoms with Crippen molar-refractivity contribution in [1.82, 2.24) is 10.6 Å². The predicted molar refractivity (Wildman–Crippen MR) is 184 cm³/mol. The molecule has 3 atom stereocenters. The largest absolute Gasteiger partial charge is 0.493 e. The maximum atomic E-state index is 14.1. The van der Waals surface area contributed by atoms with Crippen LogP contribution in [-0.2, 0) is 30.3 Å². The normalized spacial score (nSPS) is 14.4. The number of benzene rings is 2. The van der Waals surface area contributed by atoms with E-state index in [-0.39, 0.29) is 61.1 Å². The van der Waals surface area contributed by atoms with E-state index < -0.39 is 65.1 Å². The van der Waals surface area contributed by atoms with E-state index in [0.29, 0.717) is 11.3 Å². The van der Waals surface area contributed by atoms with Gasteiger partial charge in [-0.3, -0.25) is 29.3 Å². The van der Waals surface area contributed by atoms with E-state index in [0.717, 1.165) is 6.07 Å². The molecule has 0 spiro atoms. The lowest BCUT2D eigenvalue weighted by Crippen LogP contribution is -2.53. The van der Waals surface area contributed by atoms with Gasteiger partial charge in [0.1, 0.15) is 24.3 Å². The quantitative estimate of drug-likeness (QED) is 0.0611. The number of nitrogens with one attached hydrogen (secondary N) is 3. The van der Waals surface area contributed by atoms with Crippen LogP contribution in [-0.4, -0.2) is 92.0 Å². The summed E-state index contributed by atoms with van der Waals surface area (Å²) < 4.78 is 20.5. The second kappa shape index (κ2) is 18.3. The molecule has 0 radical (unpaired) electrons. The van der Waals surface area contributed by atoms with Crippen LogP contribution in [0, 0.1) is 16.0 Å². The van der Waals surface area contributed by atoms with E-state index in [1.54, 1.807) is 26.0 Å². The number of nitrogens with zero attached hydrogens (tertiary/aromatic N) is 2. The monoisotopic (exact) mass is 713 g/mol. The Hall–Kier alpha value is -5.71. The maximum Gasteiger partial charge on any atom is 0.408 e. The molecule has 17 nitrogen and oxygen atoms in total. The molecule has 1 heterocycles. The summed E-state index contributed by atoms with van der Waals surface area (Å²) in [6, 6.07) is 4.12. The van der Waals surface area contributed by atoms with Crippen LogP contribution in [0.2, 0.25) is 0 Å². The van der Waals surface area contributed by atoms with E-state index in [4.69, 9.17) is 14.2 Å². The number of aliphatic hydroxyl groups excluding tert-OH is 1. The first kappa shape index (κ1) is 39.7. The summed E-state index contributed by atoms with van der Waals surface area (Å²) in [5.41, 5.74) is 0.261. The van der Waals surface area contributed by atoms with Crippen molar-refractivity contribution in [3.8, 4) is 11.5 Å². The third-order valence-electron chi connectivity index (χ3n) is 7.89. The number of hydrogen-bond acceptors (Lipinski definition) is 12. The number of esters is 1. The van der Waals surface area contributed by atoms with E-state index in [2.05, 4.69) is 27.3 Å². The van der Waals surface area contributed by atoms with Gasteiger partial charge in [0.05, 0.1) is 44.5 Å². The van der Waals surface area contributed by atoms with Crippen molar-refractivity contribution in [1.29, 1.82) is 0 Å². The first-order chi connectivity index (χ1) is 24.3. The van der Waals surface area contributed by atoms with Gasteiger partial charge in [-0.05, 0) is 43.4 Å². The summed E-state index contributed by atoms with van der Waals surface area (Å²) in [4.78, 5) is 76.2. The molecule has 1 aliphatic rings. The van der Waals surface area contributed by atoms with E-state index in [9.17, 15) is 39.2 Å². The number of amides is 4. The molecular weight excluding hydrogens is 670 g/mol. The number of carbonyl (C=O) groups excluding carboxylic acids is 5. The highest BCUT2D eigenvalue weighted by Gasteiger charge is 2.38. The van der Waals surface area contributed by atoms with Crippen molar-refractivity contribution in [2.45, 2.75) is 58.2 Å². The van der Waals surface area contributed by atoms with Gasteiger partial charge in [-0.1, -0.05) is 32.6 Å². The summed E-state index contributed by atoms with van der Waals surface area (Å²) in [5, 5.41) is 30.1. The Morgan fingerprint density at radius 1 is 1.08 bits per heavy atom. The van der Waals surface area contributed by atoms with Gasteiger partial charge in [-0.15, -0.1) is 0 Å². The molecule has 51 heavy (non-hydrogen) atoms. The van der Waals surface area contributed by atoms with E-state index in [1.165, 1.54) is 44.3 Å². The molecule has 2 aromatic carbocycles. The number of carbonyl (C=O) groups is 5. The Bertz CT molecular complexity index is 1650. The summed E-state index contributed by atoms with van der Waals surface area (Å²) in [6.07, 6.45) is 1.11. The van der Waals surface area contributed by atoms with Crippen LogP contribution in [0.1, 0.15) is 49.5 Å². The first-order valence-electron chi connectivity index (χ1n) is 16.0. The third-order valence-corrected chi connectivity index (χ3v) is 7.89. The molecule has 4 amide bonds. The van der Waals surface area contributed by atoms with Crippen molar-refractivity contribution < 1.29 is 52.9 Å². The van der Waals surface area contributed by atoms with Crippen molar-refractivity contribution >= 4 is 46.8 Å². The van der Waals surface area contributed by atoms with Gasteiger partial charge < -0.3 is 44.9 Å². The number of alkyl carbamates (subject to hydrolysis) is 1. The lowest BCUT2D eigenvalue weighted by Gasteiger charge is -2.25. The number of nitro benzene ring substituents is 1. The lowest BCUT2D eigenvalue weighted by atomic mass is 10.0. The Labute approximate surface area is 294 Å². The van der Waals surface area contributed by atoms with Crippen molar-refractivity contribution in [2.75, 3.05) is 44.3 Å². The van der Waals surface area contributed by atoms with Crippen LogP contribution >= 0.6 is 0 Å². The van der Waals surface area contributed by atoms with Crippen LogP contribution < -0.4 is 30.3 Å². The fourth-order valence-electron chi connectivity index (χ4n) is 5.23. The molecule has 4 N–H and O–H groups in total. The Morgan fingerprint density at radius 2 is 1.80 bits per heavy atom. The lowest BCUT2D eigenvalue weighted by molar-refractivity contribution is -0.385. The number of aliphatic hydroxyl groups is 1. The average Bonchev–Trinajstić information content (AvgIpc) is 3.48.